The van der Waals surface area contributed by atoms with E-state index in [4.69, 9.17) is 4.74 Å². The van der Waals surface area contributed by atoms with Crippen molar-refractivity contribution in [1.29, 1.82) is 0 Å². The number of nitrogens with zero attached hydrogens (tertiary/aromatic N) is 2. The van der Waals surface area contributed by atoms with Crippen molar-refractivity contribution in [2.75, 3.05) is 0 Å². The average molecular weight is 260 g/mol. The number of aromatic nitrogens is 2. The lowest BCUT2D eigenvalue weighted by atomic mass is 10.2. The third kappa shape index (κ3) is 2.36. The number of aromatic hydroxyl groups is 1. The van der Waals surface area contributed by atoms with E-state index in [9.17, 15) is 9.50 Å². The van der Waals surface area contributed by atoms with Gasteiger partial charge in [0.15, 0.2) is 0 Å². The standard InChI is InChI=1S/C14H13FN2O2/c15-10-4-2-6-16-12(10)8-19-14-7-13(18)9-3-1-5-11(9)17-14/h2,4,6-7H,1,3,5,8H2,(H,17,18). The van der Waals surface area contributed by atoms with E-state index in [2.05, 4.69) is 9.97 Å². The van der Waals surface area contributed by atoms with Crippen LogP contribution in [0.25, 0.3) is 0 Å². The van der Waals surface area contributed by atoms with Crippen LogP contribution >= 0.6 is 0 Å². The van der Waals surface area contributed by atoms with E-state index in [0.717, 1.165) is 30.5 Å². The smallest absolute Gasteiger partial charge is 0.217 e. The molecular weight excluding hydrogens is 247 g/mol. The molecule has 1 aliphatic carbocycles. The Labute approximate surface area is 109 Å². The van der Waals surface area contributed by atoms with Gasteiger partial charge in [-0.3, -0.25) is 4.98 Å². The Kier molecular flexibility index (Phi) is 3.03. The first kappa shape index (κ1) is 11.9. The lowest BCUT2D eigenvalue weighted by Gasteiger charge is -2.08. The number of hydrogen-bond acceptors (Lipinski definition) is 4. The van der Waals surface area contributed by atoms with Crippen LogP contribution in [0.5, 0.6) is 11.6 Å². The van der Waals surface area contributed by atoms with E-state index in [1.54, 1.807) is 0 Å². The van der Waals surface area contributed by atoms with Gasteiger partial charge in [0.25, 0.3) is 0 Å². The molecule has 0 aliphatic heterocycles. The number of aryl methyl sites for hydroxylation is 1. The number of rotatable bonds is 3. The molecule has 98 valence electrons. The molecular formula is C14H13FN2O2. The van der Waals surface area contributed by atoms with Crippen LogP contribution < -0.4 is 4.74 Å². The Morgan fingerprint density at radius 2 is 2.26 bits per heavy atom. The van der Waals surface area contributed by atoms with Crippen molar-refractivity contribution < 1.29 is 14.2 Å². The van der Waals surface area contributed by atoms with Gasteiger partial charge in [-0.25, -0.2) is 9.37 Å². The Morgan fingerprint density at radius 3 is 3.11 bits per heavy atom. The average Bonchev–Trinajstić information content (AvgIpc) is 2.87. The van der Waals surface area contributed by atoms with Gasteiger partial charge in [-0.05, 0) is 31.4 Å². The highest BCUT2D eigenvalue weighted by molar-refractivity contribution is 5.41. The van der Waals surface area contributed by atoms with Crippen molar-refractivity contribution in [3.8, 4) is 11.6 Å². The van der Waals surface area contributed by atoms with Crippen molar-refractivity contribution in [3.63, 3.8) is 0 Å². The fraction of sp³-hybridized carbons (Fsp3) is 0.286. The molecule has 0 saturated carbocycles. The van der Waals surface area contributed by atoms with E-state index >= 15 is 0 Å². The fourth-order valence-electron chi connectivity index (χ4n) is 2.24. The quantitative estimate of drug-likeness (QED) is 0.920. The van der Waals surface area contributed by atoms with E-state index in [1.807, 2.05) is 0 Å². The molecule has 3 rings (SSSR count). The lowest BCUT2D eigenvalue weighted by Crippen LogP contribution is -2.03. The number of ether oxygens (including phenoxy) is 1. The molecule has 0 aromatic carbocycles. The van der Waals surface area contributed by atoms with Crippen LogP contribution in [0.15, 0.2) is 24.4 Å². The van der Waals surface area contributed by atoms with E-state index in [1.165, 1.54) is 24.4 Å². The van der Waals surface area contributed by atoms with E-state index in [0.29, 0.717) is 5.88 Å². The monoisotopic (exact) mass is 260 g/mol. The summed E-state index contributed by atoms with van der Waals surface area (Å²) in [5, 5.41) is 9.85. The highest BCUT2D eigenvalue weighted by Gasteiger charge is 2.18. The van der Waals surface area contributed by atoms with Gasteiger partial charge in [0.1, 0.15) is 23.9 Å². The lowest BCUT2D eigenvalue weighted by molar-refractivity contribution is 0.280. The predicted molar refractivity (Wildman–Crippen MR) is 66.5 cm³/mol. The second kappa shape index (κ2) is 4.84. The minimum absolute atomic E-state index is 0.00208. The van der Waals surface area contributed by atoms with Gasteiger partial charge in [-0.2, -0.15) is 0 Å². The van der Waals surface area contributed by atoms with Crippen molar-refractivity contribution in [3.05, 3.63) is 47.2 Å². The summed E-state index contributed by atoms with van der Waals surface area (Å²) in [7, 11) is 0. The first-order chi connectivity index (χ1) is 9.24. The van der Waals surface area contributed by atoms with Crippen LogP contribution in [-0.2, 0) is 19.4 Å². The molecule has 1 N–H and O–H groups in total. The number of hydrogen-bond donors (Lipinski definition) is 1. The van der Waals surface area contributed by atoms with Gasteiger partial charge < -0.3 is 9.84 Å². The molecule has 0 spiro atoms. The molecule has 2 heterocycles. The molecule has 2 aromatic rings. The summed E-state index contributed by atoms with van der Waals surface area (Å²) in [6.07, 6.45) is 4.20. The zero-order valence-electron chi connectivity index (χ0n) is 10.3. The highest BCUT2D eigenvalue weighted by Crippen LogP contribution is 2.31. The van der Waals surface area contributed by atoms with E-state index in [-0.39, 0.29) is 18.1 Å². The van der Waals surface area contributed by atoms with Crippen molar-refractivity contribution in [1.82, 2.24) is 9.97 Å². The van der Waals surface area contributed by atoms with E-state index < -0.39 is 5.82 Å². The normalized spacial score (nSPS) is 13.3. The third-order valence-electron chi connectivity index (χ3n) is 3.19. The third-order valence-corrected chi connectivity index (χ3v) is 3.19. The molecule has 2 aromatic heterocycles. The Hall–Kier alpha value is -2.17. The molecule has 0 fully saturated rings. The molecule has 5 heteroatoms. The maximum absolute atomic E-state index is 13.4. The summed E-state index contributed by atoms with van der Waals surface area (Å²) >= 11 is 0. The number of pyridine rings is 2. The minimum Gasteiger partial charge on any atom is -0.507 e. The molecule has 0 radical (unpaired) electrons. The second-order valence-electron chi connectivity index (χ2n) is 4.48. The minimum atomic E-state index is -0.409. The van der Waals surface area contributed by atoms with Crippen LogP contribution in [0.1, 0.15) is 23.4 Å². The summed E-state index contributed by atoms with van der Waals surface area (Å²) in [5.41, 5.74) is 2.00. The molecule has 0 bridgehead atoms. The van der Waals surface area contributed by atoms with Crippen molar-refractivity contribution in [2.45, 2.75) is 25.9 Å². The molecule has 1 aliphatic rings. The number of halogens is 1. The summed E-state index contributed by atoms with van der Waals surface area (Å²) in [4.78, 5) is 8.22. The molecule has 0 amide bonds. The van der Waals surface area contributed by atoms with Gasteiger partial charge in [0.2, 0.25) is 5.88 Å². The van der Waals surface area contributed by atoms with Gasteiger partial charge in [-0.15, -0.1) is 0 Å². The summed E-state index contributed by atoms with van der Waals surface area (Å²) in [6, 6.07) is 4.34. The summed E-state index contributed by atoms with van der Waals surface area (Å²) in [6.45, 7) is -0.00208. The molecule has 19 heavy (non-hydrogen) atoms. The van der Waals surface area contributed by atoms with Gasteiger partial charge in [0.05, 0.1) is 5.69 Å². The first-order valence-electron chi connectivity index (χ1n) is 6.18. The highest BCUT2D eigenvalue weighted by atomic mass is 19.1. The van der Waals surface area contributed by atoms with Crippen LogP contribution in [0.4, 0.5) is 4.39 Å². The van der Waals surface area contributed by atoms with Gasteiger partial charge in [-0.1, -0.05) is 0 Å². The Bertz CT molecular complexity index is 616. The van der Waals surface area contributed by atoms with Crippen molar-refractivity contribution in [2.24, 2.45) is 0 Å². The Morgan fingerprint density at radius 1 is 1.37 bits per heavy atom. The van der Waals surface area contributed by atoms with Crippen molar-refractivity contribution >= 4 is 0 Å². The van der Waals surface area contributed by atoms with Crippen LogP contribution in [0.2, 0.25) is 0 Å². The maximum Gasteiger partial charge on any atom is 0.217 e. The molecule has 4 nitrogen and oxygen atoms in total. The van der Waals surface area contributed by atoms with Gasteiger partial charge >= 0.3 is 0 Å². The SMILES string of the molecule is Oc1cc(OCc2ncccc2F)nc2c1CCC2. The summed E-state index contributed by atoms with van der Waals surface area (Å²) < 4.78 is 18.8. The van der Waals surface area contributed by atoms with Gasteiger partial charge in [0, 0.05) is 17.8 Å². The Balaban J connectivity index is 1.78. The maximum atomic E-state index is 13.4. The second-order valence-corrected chi connectivity index (χ2v) is 4.48. The largest absolute Gasteiger partial charge is 0.507 e. The number of fused-ring (bicyclic) bond motifs is 1. The van der Waals surface area contributed by atoms with Crippen LogP contribution in [0.3, 0.4) is 0 Å². The van der Waals surface area contributed by atoms with Crippen LogP contribution in [0, 0.1) is 5.82 Å². The van der Waals surface area contributed by atoms with Crippen LogP contribution in [-0.4, -0.2) is 15.1 Å². The molecule has 0 unspecified atom stereocenters. The topological polar surface area (TPSA) is 55.2 Å². The summed E-state index contributed by atoms with van der Waals surface area (Å²) in [5.74, 6) is 0.107. The first-order valence-corrected chi connectivity index (χ1v) is 6.18. The predicted octanol–water partition coefficient (Wildman–Crippen LogP) is 2.39. The zero-order chi connectivity index (χ0) is 13.2. The molecule has 0 atom stereocenters. The zero-order valence-corrected chi connectivity index (χ0v) is 10.3. The molecule has 0 saturated heterocycles. The fourth-order valence-corrected chi connectivity index (χ4v) is 2.24.